The maximum atomic E-state index is 13.2. The number of halogens is 2. The molecule has 0 saturated carbocycles. The first-order valence-electron chi connectivity index (χ1n) is 5.70. The fourth-order valence-corrected chi connectivity index (χ4v) is 1.90. The molecule has 0 unspecified atom stereocenters. The van der Waals surface area contributed by atoms with Gasteiger partial charge >= 0.3 is 0 Å². The topological polar surface area (TPSA) is 64.3 Å². The number of methoxy groups -OCH3 is 1. The molecule has 2 aromatic rings. The fourth-order valence-electron chi connectivity index (χ4n) is 1.74. The van der Waals surface area contributed by atoms with Crippen molar-refractivity contribution >= 4 is 28.9 Å². The van der Waals surface area contributed by atoms with E-state index in [0.717, 1.165) is 0 Å². The van der Waals surface area contributed by atoms with E-state index in [4.69, 9.17) is 22.1 Å². The predicted molar refractivity (Wildman–Crippen MR) is 76.8 cm³/mol. The van der Waals surface area contributed by atoms with Crippen LogP contribution in [0.15, 0.2) is 36.4 Å². The molecule has 0 aliphatic carbocycles. The van der Waals surface area contributed by atoms with Crippen molar-refractivity contribution in [1.82, 2.24) is 0 Å². The van der Waals surface area contributed by atoms with Gasteiger partial charge in [-0.15, -0.1) is 0 Å². The second kappa shape index (κ2) is 5.79. The molecule has 0 heterocycles. The predicted octanol–water partition coefficient (Wildman–Crippen LogP) is 3.32. The number of amides is 1. The quantitative estimate of drug-likeness (QED) is 0.854. The van der Waals surface area contributed by atoms with Crippen LogP contribution >= 0.6 is 11.6 Å². The Labute approximate surface area is 120 Å². The Hall–Kier alpha value is -2.27. The average molecular weight is 295 g/mol. The lowest BCUT2D eigenvalue weighted by Gasteiger charge is -2.10. The van der Waals surface area contributed by atoms with Gasteiger partial charge in [0.25, 0.3) is 5.91 Å². The molecule has 6 heteroatoms. The highest BCUT2D eigenvalue weighted by molar-refractivity contribution is 6.31. The van der Waals surface area contributed by atoms with Gasteiger partial charge in [0, 0.05) is 16.4 Å². The van der Waals surface area contributed by atoms with Crippen molar-refractivity contribution in [3.63, 3.8) is 0 Å². The van der Waals surface area contributed by atoms with Gasteiger partial charge < -0.3 is 15.8 Å². The summed E-state index contributed by atoms with van der Waals surface area (Å²) in [5.41, 5.74) is 6.30. The van der Waals surface area contributed by atoms with Gasteiger partial charge in [-0.3, -0.25) is 4.79 Å². The molecule has 3 N–H and O–H groups in total. The Morgan fingerprint density at radius 1 is 1.30 bits per heavy atom. The Kier molecular flexibility index (Phi) is 4.10. The summed E-state index contributed by atoms with van der Waals surface area (Å²) in [6.45, 7) is 0. The molecule has 20 heavy (non-hydrogen) atoms. The smallest absolute Gasteiger partial charge is 0.259 e. The first kappa shape index (κ1) is 14.1. The lowest BCUT2D eigenvalue weighted by Crippen LogP contribution is -2.13. The third-order valence-corrected chi connectivity index (χ3v) is 2.82. The summed E-state index contributed by atoms with van der Waals surface area (Å²) in [6, 6.07) is 8.42. The van der Waals surface area contributed by atoms with E-state index < -0.39 is 11.7 Å². The van der Waals surface area contributed by atoms with E-state index in [9.17, 15) is 9.18 Å². The summed E-state index contributed by atoms with van der Waals surface area (Å²) in [4.78, 5) is 12.1. The van der Waals surface area contributed by atoms with Crippen molar-refractivity contribution in [3.05, 3.63) is 52.8 Å². The average Bonchev–Trinajstić information content (AvgIpc) is 2.37. The molecule has 0 saturated heterocycles. The molecule has 2 rings (SSSR count). The van der Waals surface area contributed by atoms with E-state index in [1.807, 2.05) is 0 Å². The Morgan fingerprint density at radius 2 is 2.05 bits per heavy atom. The minimum Gasteiger partial charge on any atom is -0.496 e. The minimum absolute atomic E-state index is 0.225. The van der Waals surface area contributed by atoms with E-state index in [0.29, 0.717) is 16.3 Å². The van der Waals surface area contributed by atoms with Gasteiger partial charge in [0.1, 0.15) is 11.6 Å². The third kappa shape index (κ3) is 3.19. The van der Waals surface area contributed by atoms with Gasteiger partial charge in [-0.2, -0.15) is 0 Å². The number of hydrogen-bond donors (Lipinski definition) is 2. The highest BCUT2D eigenvalue weighted by Crippen LogP contribution is 2.24. The van der Waals surface area contributed by atoms with Crippen LogP contribution in [-0.4, -0.2) is 13.0 Å². The van der Waals surface area contributed by atoms with Crippen LogP contribution in [0.25, 0.3) is 0 Å². The number of rotatable bonds is 3. The van der Waals surface area contributed by atoms with Gasteiger partial charge in [-0.1, -0.05) is 11.6 Å². The van der Waals surface area contributed by atoms with Gasteiger partial charge in [-0.05, 0) is 36.4 Å². The van der Waals surface area contributed by atoms with Crippen molar-refractivity contribution < 1.29 is 13.9 Å². The molecule has 104 valence electrons. The molecule has 0 bridgehead atoms. The number of carbonyl (C=O) groups is 1. The molecule has 0 spiro atoms. The molecule has 0 aliphatic heterocycles. The highest BCUT2D eigenvalue weighted by atomic mass is 35.5. The number of carbonyl (C=O) groups excluding carboxylic acids is 1. The van der Waals surface area contributed by atoms with Crippen molar-refractivity contribution in [2.75, 3.05) is 18.2 Å². The Bertz CT molecular complexity index is 641. The highest BCUT2D eigenvalue weighted by Gasteiger charge is 2.13. The Morgan fingerprint density at radius 3 is 2.70 bits per heavy atom. The van der Waals surface area contributed by atoms with E-state index >= 15 is 0 Å². The van der Waals surface area contributed by atoms with Gasteiger partial charge in [0.2, 0.25) is 0 Å². The van der Waals surface area contributed by atoms with Crippen LogP contribution in [0.4, 0.5) is 15.8 Å². The molecule has 1 amide bonds. The standard InChI is InChI=1S/C14H12ClFN2O2/c1-20-13-4-8(15)2-3-12(13)14(19)18-11-6-9(16)5-10(17)7-11/h2-7H,17H2,1H3,(H,18,19). The molecule has 0 aliphatic rings. The summed E-state index contributed by atoms with van der Waals surface area (Å²) in [7, 11) is 1.43. The van der Waals surface area contributed by atoms with E-state index in [1.165, 1.54) is 37.4 Å². The zero-order chi connectivity index (χ0) is 14.7. The van der Waals surface area contributed by atoms with Crippen LogP contribution < -0.4 is 15.8 Å². The van der Waals surface area contributed by atoms with Crippen molar-refractivity contribution in [2.45, 2.75) is 0 Å². The van der Waals surface area contributed by atoms with Crippen LogP contribution in [0, 0.1) is 5.82 Å². The van der Waals surface area contributed by atoms with Crippen LogP contribution in [0.1, 0.15) is 10.4 Å². The van der Waals surface area contributed by atoms with Crippen LogP contribution in [-0.2, 0) is 0 Å². The lowest BCUT2D eigenvalue weighted by molar-refractivity contribution is 0.102. The normalized spacial score (nSPS) is 10.2. The molecule has 0 fully saturated rings. The number of nitrogen functional groups attached to an aromatic ring is 1. The number of hydrogen-bond acceptors (Lipinski definition) is 3. The van der Waals surface area contributed by atoms with Gasteiger partial charge in [-0.25, -0.2) is 4.39 Å². The van der Waals surface area contributed by atoms with Crippen molar-refractivity contribution in [3.8, 4) is 5.75 Å². The number of ether oxygens (including phenoxy) is 1. The maximum absolute atomic E-state index is 13.2. The fraction of sp³-hybridized carbons (Fsp3) is 0.0714. The summed E-state index contributed by atoms with van der Waals surface area (Å²) in [6.07, 6.45) is 0. The van der Waals surface area contributed by atoms with E-state index in [2.05, 4.69) is 5.32 Å². The molecule has 0 radical (unpaired) electrons. The largest absolute Gasteiger partial charge is 0.496 e. The van der Waals surface area contributed by atoms with Crippen LogP contribution in [0.2, 0.25) is 5.02 Å². The van der Waals surface area contributed by atoms with Gasteiger partial charge in [0.05, 0.1) is 12.7 Å². The second-order valence-electron chi connectivity index (χ2n) is 4.07. The number of benzene rings is 2. The SMILES string of the molecule is COc1cc(Cl)ccc1C(=O)Nc1cc(N)cc(F)c1. The third-order valence-electron chi connectivity index (χ3n) is 2.59. The van der Waals surface area contributed by atoms with E-state index in [-0.39, 0.29) is 11.4 Å². The molecule has 2 aromatic carbocycles. The zero-order valence-corrected chi connectivity index (χ0v) is 11.4. The van der Waals surface area contributed by atoms with Crippen molar-refractivity contribution in [1.29, 1.82) is 0 Å². The number of nitrogens with one attached hydrogen (secondary N) is 1. The number of nitrogens with two attached hydrogens (primary N) is 1. The first-order chi connectivity index (χ1) is 9.49. The van der Waals surface area contributed by atoms with Crippen LogP contribution in [0.3, 0.4) is 0 Å². The molecular weight excluding hydrogens is 283 g/mol. The molecule has 0 atom stereocenters. The zero-order valence-electron chi connectivity index (χ0n) is 10.6. The van der Waals surface area contributed by atoms with Crippen molar-refractivity contribution in [2.24, 2.45) is 0 Å². The molecule has 0 aromatic heterocycles. The summed E-state index contributed by atoms with van der Waals surface area (Å²) >= 11 is 5.82. The molecule has 4 nitrogen and oxygen atoms in total. The summed E-state index contributed by atoms with van der Waals surface area (Å²) in [5.74, 6) is -0.633. The maximum Gasteiger partial charge on any atom is 0.259 e. The first-order valence-corrected chi connectivity index (χ1v) is 6.08. The van der Waals surface area contributed by atoms with Gasteiger partial charge in [0.15, 0.2) is 0 Å². The van der Waals surface area contributed by atoms with E-state index in [1.54, 1.807) is 6.07 Å². The second-order valence-corrected chi connectivity index (χ2v) is 4.51. The monoisotopic (exact) mass is 294 g/mol. The summed E-state index contributed by atoms with van der Waals surface area (Å²) in [5, 5.41) is 3.00. The summed E-state index contributed by atoms with van der Waals surface area (Å²) < 4.78 is 18.3. The molecular formula is C14H12ClFN2O2. The minimum atomic E-state index is -0.525. The lowest BCUT2D eigenvalue weighted by atomic mass is 10.1. The van der Waals surface area contributed by atoms with Crippen LogP contribution in [0.5, 0.6) is 5.75 Å². The number of anilines is 2. The Balaban J connectivity index is 2.28.